The third kappa shape index (κ3) is 9.81. The summed E-state index contributed by atoms with van der Waals surface area (Å²) < 4.78 is 16.4. The van der Waals surface area contributed by atoms with E-state index in [2.05, 4.69) is 10.1 Å². The second-order valence-electron chi connectivity index (χ2n) is 5.41. The quantitative estimate of drug-likeness (QED) is 0.398. The molecule has 0 saturated heterocycles. The Hall–Kier alpha value is -2.12. The van der Waals surface area contributed by atoms with Gasteiger partial charge in [-0.1, -0.05) is 32.6 Å². The van der Waals surface area contributed by atoms with Crippen molar-refractivity contribution in [3.63, 3.8) is 0 Å². The molecule has 0 aromatic carbocycles. The number of primary amides is 1. The van der Waals surface area contributed by atoms with Gasteiger partial charge in [-0.25, -0.2) is 9.59 Å². The highest BCUT2D eigenvalue weighted by molar-refractivity contribution is 5.90. The van der Waals surface area contributed by atoms with Crippen LogP contribution in [0.5, 0.6) is 0 Å². The molecule has 0 aromatic heterocycles. The average Bonchev–Trinajstić information content (AvgIpc) is 2.56. The maximum absolute atomic E-state index is 12.0. The summed E-state index contributed by atoms with van der Waals surface area (Å²) in [4.78, 5) is 46.3. The minimum absolute atomic E-state index is 0.204. The number of hydrogen-bond acceptors (Lipinski definition) is 6. The van der Waals surface area contributed by atoms with Gasteiger partial charge in [0.1, 0.15) is 6.04 Å². The highest BCUT2D eigenvalue weighted by Crippen LogP contribution is 2.06. The van der Waals surface area contributed by atoms with Crippen LogP contribution in [0.1, 0.15) is 60.1 Å². The van der Waals surface area contributed by atoms with E-state index in [1.807, 2.05) is 0 Å². The summed E-state index contributed by atoms with van der Waals surface area (Å²) in [5.74, 6) is -2.83. The van der Waals surface area contributed by atoms with Crippen molar-refractivity contribution in [2.24, 2.45) is 5.73 Å². The molecule has 0 aromatic rings. The fourth-order valence-electron chi connectivity index (χ4n) is 1.95. The zero-order chi connectivity index (χ0) is 19.2. The fraction of sp³-hybridized carbons (Fsp3) is 0.750. The van der Waals surface area contributed by atoms with Gasteiger partial charge in [0, 0.05) is 7.79 Å². The summed E-state index contributed by atoms with van der Waals surface area (Å²) in [6.07, 6.45) is 2.86. The van der Waals surface area contributed by atoms with Crippen LogP contribution in [0.25, 0.3) is 0 Å². The Morgan fingerprint density at radius 2 is 1.79 bits per heavy atom. The van der Waals surface area contributed by atoms with Gasteiger partial charge in [0.2, 0.25) is 11.8 Å². The molecule has 0 aliphatic carbocycles. The van der Waals surface area contributed by atoms with E-state index >= 15 is 0 Å². The van der Waals surface area contributed by atoms with Crippen LogP contribution in [-0.2, 0) is 28.7 Å². The van der Waals surface area contributed by atoms with E-state index in [1.54, 1.807) is 0 Å². The number of rotatable bonds is 12. The van der Waals surface area contributed by atoms with Crippen molar-refractivity contribution in [3.05, 3.63) is 0 Å². The third-order valence-electron chi connectivity index (χ3n) is 3.25. The number of amides is 2. The van der Waals surface area contributed by atoms with Gasteiger partial charge in [0.05, 0.1) is 13.5 Å². The number of unbranched alkanes of at least 4 members (excludes halogenated alkanes) is 4. The molecule has 0 unspecified atom stereocenters. The van der Waals surface area contributed by atoms with Crippen molar-refractivity contribution in [1.82, 2.24) is 5.32 Å². The van der Waals surface area contributed by atoms with E-state index in [0.29, 0.717) is 13.3 Å². The number of esters is 2. The summed E-state index contributed by atoms with van der Waals surface area (Å²) in [5.41, 5.74) is 5.09. The second-order valence-corrected chi connectivity index (χ2v) is 5.41. The van der Waals surface area contributed by atoms with Crippen LogP contribution < -0.4 is 11.1 Å². The van der Waals surface area contributed by atoms with Gasteiger partial charge in [-0.3, -0.25) is 9.59 Å². The van der Waals surface area contributed by atoms with Crippen molar-refractivity contribution in [1.29, 1.82) is 0 Å². The summed E-state index contributed by atoms with van der Waals surface area (Å²) in [7, 11) is 1.15. The molecule has 8 heteroatoms. The number of hydrogen-bond donors (Lipinski definition) is 2. The van der Waals surface area contributed by atoms with Crippen molar-refractivity contribution in [2.45, 2.75) is 70.9 Å². The second kappa shape index (κ2) is 12.3. The van der Waals surface area contributed by atoms with Crippen LogP contribution in [-0.4, -0.2) is 43.0 Å². The molecular formula is C16H28N2O6. The monoisotopic (exact) mass is 345 g/mol. The van der Waals surface area contributed by atoms with Crippen LogP contribution in [0.4, 0.5) is 0 Å². The summed E-state index contributed by atoms with van der Waals surface area (Å²) >= 11 is 0. The molecule has 138 valence electrons. The van der Waals surface area contributed by atoms with E-state index in [4.69, 9.17) is 11.8 Å². The molecule has 0 rings (SSSR count). The van der Waals surface area contributed by atoms with Crippen LogP contribution >= 0.6 is 0 Å². The Morgan fingerprint density at radius 1 is 1.12 bits per heavy atom. The predicted octanol–water partition coefficient (Wildman–Crippen LogP) is 0.812. The molecule has 2 amide bonds. The van der Waals surface area contributed by atoms with Gasteiger partial charge in [-0.2, -0.15) is 0 Å². The summed E-state index contributed by atoms with van der Waals surface area (Å²) in [6, 6.07) is -1.24. The van der Waals surface area contributed by atoms with Crippen molar-refractivity contribution in [3.8, 4) is 0 Å². The molecule has 0 aliphatic heterocycles. The molecule has 0 saturated carbocycles. The Labute approximate surface area is 143 Å². The molecule has 8 nitrogen and oxygen atoms in total. The number of ether oxygens (including phenoxy) is 2. The molecule has 0 spiro atoms. The van der Waals surface area contributed by atoms with Crippen molar-refractivity contribution < 1.29 is 30.0 Å². The largest absolute Gasteiger partial charge is 0.466 e. The molecule has 0 fully saturated rings. The van der Waals surface area contributed by atoms with Gasteiger partial charge < -0.3 is 20.5 Å². The minimum Gasteiger partial charge on any atom is -0.466 e. The molecule has 0 bridgehead atoms. The van der Waals surface area contributed by atoms with E-state index in [-0.39, 0.29) is 6.42 Å². The summed E-state index contributed by atoms with van der Waals surface area (Å²) in [6.45, 7) is 1.73. The highest BCUT2D eigenvalue weighted by Gasteiger charge is 2.28. The first kappa shape index (κ1) is 19.9. The Morgan fingerprint density at radius 3 is 2.38 bits per heavy atom. The van der Waals surface area contributed by atoms with Crippen molar-refractivity contribution >= 4 is 23.8 Å². The first-order valence-electron chi connectivity index (χ1n) is 8.67. The maximum atomic E-state index is 12.0. The number of nitrogens with two attached hydrogens (primary N) is 1. The van der Waals surface area contributed by atoms with Gasteiger partial charge >= 0.3 is 11.9 Å². The highest BCUT2D eigenvalue weighted by atomic mass is 16.6. The first-order chi connectivity index (χ1) is 11.8. The standard InChI is InChI=1S/C16H28N2O6/c1-4-5-6-7-8-9-14(20)18-12(10-13(17)19)16(22)24-11(2)15(21)23-3/h11-12H,4-10H2,1-3H3,(H2,17,19)(H,18,20)/t11-,12-/m0/s1/i1D. The van der Waals surface area contributed by atoms with Crippen molar-refractivity contribution in [2.75, 3.05) is 7.11 Å². The lowest BCUT2D eigenvalue weighted by Crippen LogP contribution is -2.45. The van der Waals surface area contributed by atoms with Crippen LogP contribution in [0.2, 0.25) is 0 Å². The van der Waals surface area contributed by atoms with Crippen LogP contribution in [0.3, 0.4) is 0 Å². The van der Waals surface area contributed by atoms with E-state index in [9.17, 15) is 19.2 Å². The topological polar surface area (TPSA) is 125 Å². The van der Waals surface area contributed by atoms with E-state index in [0.717, 1.165) is 32.8 Å². The van der Waals surface area contributed by atoms with Gasteiger partial charge in [0.25, 0.3) is 0 Å². The van der Waals surface area contributed by atoms with E-state index < -0.39 is 42.3 Å². The lowest BCUT2D eigenvalue weighted by molar-refractivity contribution is -0.166. The van der Waals surface area contributed by atoms with Gasteiger partial charge in [-0.15, -0.1) is 0 Å². The maximum Gasteiger partial charge on any atom is 0.346 e. The predicted molar refractivity (Wildman–Crippen MR) is 86.7 cm³/mol. The van der Waals surface area contributed by atoms with Gasteiger partial charge in [0.15, 0.2) is 6.10 Å². The lowest BCUT2D eigenvalue weighted by Gasteiger charge is -2.18. The van der Waals surface area contributed by atoms with Crippen LogP contribution in [0.15, 0.2) is 0 Å². The molecule has 0 heterocycles. The molecule has 2 atom stereocenters. The molecule has 0 radical (unpaired) electrons. The Bertz CT molecular complexity index is 458. The van der Waals surface area contributed by atoms with Gasteiger partial charge in [-0.05, 0) is 13.3 Å². The van der Waals surface area contributed by atoms with Crippen LogP contribution in [0, 0.1) is 0 Å². The zero-order valence-electron chi connectivity index (χ0n) is 15.3. The first-order valence-corrected chi connectivity index (χ1v) is 7.97. The Kier molecular flexibility index (Phi) is 10.2. The third-order valence-corrected chi connectivity index (χ3v) is 3.25. The smallest absolute Gasteiger partial charge is 0.346 e. The SMILES string of the molecule is [2H]CCCCCCCC(=O)N[C@@H](CC(N)=O)C(=O)O[C@@H](C)C(=O)OC. The normalized spacial score (nSPS) is 13.3. The minimum atomic E-state index is -1.24. The fourth-order valence-corrected chi connectivity index (χ4v) is 1.95. The molecule has 24 heavy (non-hydrogen) atoms. The molecule has 3 N–H and O–H groups in total. The number of methoxy groups -OCH3 is 1. The lowest BCUT2D eigenvalue weighted by atomic mass is 10.1. The van der Waals surface area contributed by atoms with E-state index in [1.165, 1.54) is 6.92 Å². The average molecular weight is 345 g/mol. The zero-order valence-corrected chi connectivity index (χ0v) is 14.3. The summed E-state index contributed by atoms with van der Waals surface area (Å²) in [5, 5.41) is 2.42. The number of carbonyl (C=O) groups is 4. The Balaban J connectivity index is 4.41. The number of nitrogens with one attached hydrogen (secondary N) is 1. The molecular weight excluding hydrogens is 316 g/mol. The molecule has 0 aliphatic rings. The number of carbonyl (C=O) groups excluding carboxylic acids is 4.